The molecule has 1 aromatic carbocycles. The van der Waals surface area contributed by atoms with E-state index in [-0.39, 0.29) is 42.6 Å². The Bertz CT molecular complexity index is 992. The Labute approximate surface area is 191 Å². The molecule has 0 bridgehead atoms. The zero-order valence-electron chi connectivity index (χ0n) is 16.7. The van der Waals surface area contributed by atoms with Gasteiger partial charge in [0, 0.05) is 45.5 Å². The van der Waals surface area contributed by atoms with E-state index in [0.29, 0.717) is 24.4 Å². The van der Waals surface area contributed by atoms with E-state index in [1.807, 2.05) is 29.6 Å². The van der Waals surface area contributed by atoms with Gasteiger partial charge >= 0.3 is 0 Å². The average Bonchev–Trinajstić information content (AvgIpc) is 3.28. The first kappa shape index (κ1) is 24.3. The van der Waals surface area contributed by atoms with Crippen molar-refractivity contribution in [3.05, 3.63) is 69.4 Å². The van der Waals surface area contributed by atoms with Crippen LogP contribution in [0.4, 0.5) is 4.39 Å². The summed E-state index contributed by atoms with van der Waals surface area (Å²) in [6, 6.07) is 6.28. The maximum absolute atomic E-state index is 13.3. The van der Waals surface area contributed by atoms with E-state index in [0.717, 1.165) is 28.6 Å². The summed E-state index contributed by atoms with van der Waals surface area (Å²) in [5, 5.41) is 4.21. The molecule has 1 fully saturated rings. The largest absolute Gasteiger partial charge is 0.336 e. The molecule has 1 saturated heterocycles. The number of rotatable bonds is 4. The van der Waals surface area contributed by atoms with Crippen molar-refractivity contribution < 1.29 is 9.18 Å². The lowest BCUT2D eigenvalue weighted by Gasteiger charge is -2.35. The van der Waals surface area contributed by atoms with E-state index in [2.05, 4.69) is 15.3 Å². The van der Waals surface area contributed by atoms with Crippen molar-refractivity contribution in [2.24, 2.45) is 7.05 Å². The quantitative estimate of drug-likeness (QED) is 0.631. The summed E-state index contributed by atoms with van der Waals surface area (Å²) in [5.74, 6) is 0.609. The van der Waals surface area contributed by atoms with Crippen molar-refractivity contribution >= 4 is 42.1 Å². The van der Waals surface area contributed by atoms with Crippen molar-refractivity contribution in [1.82, 2.24) is 24.8 Å². The van der Waals surface area contributed by atoms with Gasteiger partial charge in [0.2, 0.25) is 0 Å². The molecule has 6 nitrogen and oxygen atoms in total. The predicted octanol–water partition coefficient (Wildman–Crippen LogP) is 3.55. The van der Waals surface area contributed by atoms with Crippen LogP contribution in [0, 0.1) is 12.7 Å². The van der Waals surface area contributed by atoms with Gasteiger partial charge < -0.3 is 14.8 Å². The van der Waals surface area contributed by atoms with Gasteiger partial charge in [-0.05, 0) is 24.6 Å². The molecule has 1 aliphatic rings. The van der Waals surface area contributed by atoms with Crippen molar-refractivity contribution in [2.75, 3.05) is 19.6 Å². The predicted molar refractivity (Wildman–Crippen MR) is 120 cm³/mol. The SMILES string of the molecule is Cc1nc(Cc2ccc(F)cc2)sc1C(=O)N1CCNCC1c1nccn1C.Cl.Cl. The molecule has 30 heavy (non-hydrogen) atoms. The third kappa shape index (κ3) is 5.00. The van der Waals surface area contributed by atoms with E-state index in [4.69, 9.17) is 0 Å². The van der Waals surface area contributed by atoms with Crippen LogP contribution in [0.5, 0.6) is 0 Å². The molecule has 1 unspecified atom stereocenters. The molecule has 162 valence electrons. The number of halogens is 3. The first-order valence-electron chi connectivity index (χ1n) is 9.22. The fraction of sp³-hybridized carbons (Fsp3) is 0.350. The molecule has 3 heterocycles. The lowest BCUT2D eigenvalue weighted by molar-refractivity contribution is 0.0625. The maximum atomic E-state index is 13.3. The molecule has 1 N–H and O–H groups in total. The number of imidazole rings is 1. The molecule has 0 spiro atoms. The Hall–Kier alpha value is -2.00. The summed E-state index contributed by atoms with van der Waals surface area (Å²) in [6.07, 6.45) is 4.24. The fourth-order valence-corrected chi connectivity index (χ4v) is 4.56. The van der Waals surface area contributed by atoms with Crippen LogP contribution >= 0.6 is 36.2 Å². The van der Waals surface area contributed by atoms with Crippen LogP contribution in [0.2, 0.25) is 0 Å². The van der Waals surface area contributed by atoms with Crippen LogP contribution in [0.25, 0.3) is 0 Å². The van der Waals surface area contributed by atoms with Gasteiger partial charge in [-0.25, -0.2) is 14.4 Å². The number of hydrogen-bond donors (Lipinski definition) is 1. The number of carbonyl (C=O) groups excluding carboxylic acids is 1. The smallest absolute Gasteiger partial charge is 0.266 e. The molecule has 0 aliphatic carbocycles. The summed E-state index contributed by atoms with van der Waals surface area (Å²) < 4.78 is 15.1. The van der Waals surface area contributed by atoms with Gasteiger partial charge in [-0.2, -0.15) is 0 Å². The molecular weight excluding hydrogens is 448 g/mol. The van der Waals surface area contributed by atoms with Crippen LogP contribution in [0.15, 0.2) is 36.7 Å². The number of amides is 1. The second-order valence-electron chi connectivity index (χ2n) is 6.94. The van der Waals surface area contributed by atoms with Gasteiger partial charge in [-0.3, -0.25) is 4.79 Å². The molecule has 2 aromatic heterocycles. The topological polar surface area (TPSA) is 63.1 Å². The Morgan fingerprint density at radius 3 is 2.70 bits per heavy atom. The summed E-state index contributed by atoms with van der Waals surface area (Å²) in [6.45, 7) is 3.93. The molecule has 0 saturated carbocycles. The van der Waals surface area contributed by atoms with E-state index in [1.54, 1.807) is 18.3 Å². The van der Waals surface area contributed by atoms with Gasteiger partial charge in [-0.1, -0.05) is 12.1 Å². The number of aryl methyl sites for hydroxylation is 2. The van der Waals surface area contributed by atoms with Crippen LogP contribution in [-0.4, -0.2) is 45.0 Å². The van der Waals surface area contributed by atoms with Crippen LogP contribution < -0.4 is 5.32 Å². The second kappa shape index (κ2) is 10.3. The van der Waals surface area contributed by atoms with Crippen molar-refractivity contribution in [1.29, 1.82) is 0 Å². The normalized spacial score (nSPS) is 16.0. The summed E-state index contributed by atoms with van der Waals surface area (Å²) in [5.41, 5.74) is 1.71. The molecule has 4 rings (SSSR count). The molecule has 1 amide bonds. The molecule has 0 radical (unpaired) electrons. The van der Waals surface area contributed by atoms with Crippen molar-refractivity contribution in [2.45, 2.75) is 19.4 Å². The first-order chi connectivity index (χ1) is 13.5. The summed E-state index contributed by atoms with van der Waals surface area (Å²) in [4.78, 5) is 24.9. The first-order valence-corrected chi connectivity index (χ1v) is 10.0. The number of carbonyl (C=O) groups is 1. The lowest BCUT2D eigenvalue weighted by Crippen LogP contribution is -2.49. The highest BCUT2D eigenvalue weighted by Crippen LogP contribution is 2.27. The zero-order valence-corrected chi connectivity index (χ0v) is 19.1. The molecule has 1 atom stereocenters. The standard InChI is InChI=1S/C20H22FN5OS.2ClH/c1-13-18(28-17(24-13)11-14-3-5-15(21)6-4-14)20(27)26-10-7-22-12-16(26)19-23-8-9-25(19)2;;/h3-6,8-9,16,22H,7,10-12H2,1-2H3;2*1H. The molecule has 3 aromatic rings. The van der Waals surface area contributed by atoms with E-state index in [1.165, 1.54) is 23.5 Å². The lowest BCUT2D eigenvalue weighted by atomic mass is 10.1. The third-order valence-corrected chi connectivity index (χ3v) is 6.11. The third-order valence-electron chi connectivity index (χ3n) is 4.96. The van der Waals surface area contributed by atoms with Gasteiger partial charge in [0.15, 0.2) is 0 Å². The Balaban J connectivity index is 0.00000160. The van der Waals surface area contributed by atoms with Gasteiger partial charge in [0.05, 0.1) is 10.7 Å². The Morgan fingerprint density at radius 2 is 2.03 bits per heavy atom. The number of nitrogens with one attached hydrogen (secondary N) is 1. The van der Waals surface area contributed by atoms with Crippen molar-refractivity contribution in [3.8, 4) is 0 Å². The van der Waals surface area contributed by atoms with E-state index >= 15 is 0 Å². The highest BCUT2D eigenvalue weighted by molar-refractivity contribution is 7.13. The Kier molecular flexibility index (Phi) is 8.37. The summed E-state index contributed by atoms with van der Waals surface area (Å²) >= 11 is 1.42. The number of nitrogens with zero attached hydrogens (tertiary/aromatic N) is 4. The van der Waals surface area contributed by atoms with Crippen molar-refractivity contribution in [3.63, 3.8) is 0 Å². The average molecular weight is 472 g/mol. The van der Waals surface area contributed by atoms with Gasteiger partial charge in [-0.15, -0.1) is 36.2 Å². The monoisotopic (exact) mass is 471 g/mol. The zero-order chi connectivity index (χ0) is 19.7. The minimum atomic E-state index is -0.256. The van der Waals surface area contributed by atoms with Crippen LogP contribution in [0.1, 0.15) is 37.8 Å². The fourth-order valence-electron chi connectivity index (χ4n) is 3.51. The van der Waals surface area contributed by atoms with Gasteiger partial charge in [0.1, 0.15) is 22.6 Å². The molecule has 10 heteroatoms. The van der Waals surface area contributed by atoms with E-state index in [9.17, 15) is 9.18 Å². The van der Waals surface area contributed by atoms with Gasteiger partial charge in [0.25, 0.3) is 5.91 Å². The highest BCUT2D eigenvalue weighted by Gasteiger charge is 2.32. The summed E-state index contributed by atoms with van der Waals surface area (Å²) in [7, 11) is 1.94. The van der Waals surface area contributed by atoms with E-state index < -0.39 is 0 Å². The minimum Gasteiger partial charge on any atom is -0.336 e. The number of aromatic nitrogens is 3. The number of hydrogen-bond acceptors (Lipinski definition) is 5. The van der Waals surface area contributed by atoms with Crippen LogP contribution in [0.3, 0.4) is 0 Å². The Morgan fingerprint density at radius 1 is 1.30 bits per heavy atom. The minimum absolute atomic E-state index is 0. The molecule has 1 aliphatic heterocycles. The molecular formula is C20H24Cl2FN5OS. The van der Waals surface area contributed by atoms with Crippen LogP contribution in [-0.2, 0) is 13.5 Å². The second-order valence-corrected chi connectivity index (χ2v) is 8.02. The number of thiazole rings is 1. The maximum Gasteiger partial charge on any atom is 0.266 e. The number of piperazine rings is 1. The highest BCUT2D eigenvalue weighted by atomic mass is 35.5. The number of benzene rings is 1.